The van der Waals surface area contributed by atoms with E-state index in [-0.39, 0.29) is 16.9 Å². The Morgan fingerprint density at radius 3 is 2.59 bits per heavy atom. The fourth-order valence-electron chi connectivity index (χ4n) is 1.34. The lowest BCUT2D eigenvalue weighted by molar-refractivity contribution is 0.597. The van der Waals surface area contributed by atoms with E-state index in [4.69, 9.17) is 5.26 Å². The van der Waals surface area contributed by atoms with Gasteiger partial charge >= 0.3 is 0 Å². The fraction of sp³-hybridized carbons (Fsp3) is 0.462. The van der Waals surface area contributed by atoms with E-state index in [1.165, 1.54) is 18.2 Å². The average Bonchev–Trinajstić information content (AvgIpc) is 2.30. The zero-order valence-electron chi connectivity index (χ0n) is 10.2. The number of rotatable bonds is 4. The van der Waals surface area contributed by atoms with Gasteiger partial charge in [0, 0.05) is 21.6 Å². The zero-order valence-corrected chi connectivity index (χ0v) is 11.1. The van der Waals surface area contributed by atoms with E-state index < -0.39 is 16.6 Å². The van der Waals surface area contributed by atoms with Crippen LogP contribution >= 0.6 is 0 Å². The van der Waals surface area contributed by atoms with Gasteiger partial charge in [0.15, 0.2) is 0 Å². The minimum atomic E-state index is -1.12. The van der Waals surface area contributed by atoms with Crippen LogP contribution in [-0.2, 0) is 16.6 Å². The Bertz CT molecular complexity index is 465. The van der Waals surface area contributed by atoms with Crippen LogP contribution in [0.4, 0.5) is 4.39 Å². The zero-order chi connectivity index (χ0) is 13.0. The second-order valence-corrected chi connectivity index (χ2v) is 6.19. The summed E-state index contributed by atoms with van der Waals surface area (Å²) in [6.07, 6.45) is 0. The van der Waals surface area contributed by atoms with Crippen LogP contribution in [-0.4, -0.2) is 9.46 Å². The van der Waals surface area contributed by atoms with Gasteiger partial charge in [0.25, 0.3) is 0 Å². The number of benzene rings is 1. The van der Waals surface area contributed by atoms with Gasteiger partial charge in [0.05, 0.1) is 17.4 Å². The molecule has 0 aromatic heterocycles. The highest BCUT2D eigenvalue weighted by molar-refractivity contribution is 7.84. The first-order valence-corrected chi connectivity index (χ1v) is 6.89. The molecular formula is C13H16FNOS. The minimum absolute atomic E-state index is 0.0140. The summed E-state index contributed by atoms with van der Waals surface area (Å²) < 4.78 is 25.5. The van der Waals surface area contributed by atoms with Crippen LogP contribution in [0.1, 0.15) is 31.9 Å². The molecule has 92 valence electrons. The van der Waals surface area contributed by atoms with Gasteiger partial charge in [-0.1, -0.05) is 20.8 Å². The minimum Gasteiger partial charge on any atom is -0.259 e. The van der Waals surface area contributed by atoms with Gasteiger partial charge < -0.3 is 0 Å². The van der Waals surface area contributed by atoms with Gasteiger partial charge in [0.1, 0.15) is 5.82 Å². The van der Waals surface area contributed by atoms with E-state index in [1.54, 1.807) is 0 Å². The molecule has 1 aromatic carbocycles. The third-order valence-corrected chi connectivity index (χ3v) is 4.80. The quantitative estimate of drug-likeness (QED) is 0.827. The Balaban J connectivity index is 2.88. The first kappa shape index (κ1) is 13.9. The van der Waals surface area contributed by atoms with Crippen LogP contribution in [0, 0.1) is 23.1 Å². The Morgan fingerprint density at radius 1 is 1.41 bits per heavy atom. The number of halogens is 1. The Morgan fingerprint density at radius 2 is 2.06 bits per heavy atom. The van der Waals surface area contributed by atoms with E-state index in [0.29, 0.717) is 11.1 Å². The van der Waals surface area contributed by atoms with E-state index in [2.05, 4.69) is 0 Å². The van der Waals surface area contributed by atoms with E-state index in [1.807, 2.05) is 26.8 Å². The monoisotopic (exact) mass is 253 g/mol. The summed E-state index contributed by atoms with van der Waals surface area (Å²) >= 11 is 0. The second kappa shape index (κ2) is 5.92. The molecule has 2 atom stereocenters. The van der Waals surface area contributed by atoms with E-state index in [9.17, 15) is 8.60 Å². The van der Waals surface area contributed by atoms with Crippen LogP contribution in [0.3, 0.4) is 0 Å². The molecule has 0 fully saturated rings. The Labute approximate surface area is 104 Å². The molecule has 4 heteroatoms. The third-order valence-electron chi connectivity index (χ3n) is 2.83. The molecule has 0 radical (unpaired) electrons. The summed E-state index contributed by atoms with van der Waals surface area (Å²) in [6.45, 7) is 5.88. The average molecular weight is 253 g/mol. The highest BCUT2D eigenvalue weighted by Crippen LogP contribution is 2.17. The molecular weight excluding hydrogens is 237 g/mol. The molecule has 0 spiro atoms. The van der Waals surface area contributed by atoms with E-state index in [0.717, 1.165) is 0 Å². The standard InChI is InChI=1S/C13H16FNOS/c1-9(2)10(3)17(16)8-12-6-11(7-15)4-5-13(12)14/h4-6,9-10H,8H2,1-3H3. The molecule has 1 aromatic rings. The predicted molar refractivity (Wildman–Crippen MR) is 67.3 cm³/mol. The third kappa shape index (κ3) is 3.64. The summed E-state index contributed by atoms with van der Waals surface area (Å²) in [6, 6.07) is 6.11. The summed E-state index contributed by atoms with van der Waals surface area (Å²) in [5.41, 5.74) is 0.755. The largest absolute Gasteiger partial charge is 0.259 e. The molecule has 1 rings (SSSR count). The van der Waals surface area contributed by atoms with Crippen molar-refractivity contribution in [1.82, 2.24) is 0 Å². The molecule has 0 saturated carbocycles. The number of nitriles is 1. The number of nitrogens with zero attached hydrogens (tertiary/aromatic N) is 1. The van der Waals surface area contributed by atoms with Crippen molar-refractivity contribution in [2.24, 2.45) is 5.92 Å². The molecule has 0 bridgehead atoms. The number of hydrogen-bond donors (Lipinski definition) is 0. The normalized spacial score (nSPS) is 14.4. The van der Waals surface area contributed by atoms with Crippen molar-refractivity contribution in [2.75, 3.05) is 0 Å². The van der Waals surface area contributed by atoms with Crippen molar-refractivity contribution < 1.29 is 8.60 Å². The van der Waals surface area contributed by atoms with Crippen molar-refractivity contribution in [3.63, 3.8) is 0 Å². The first-order valence-electron chi connectivity index (χ1n) is 5.51. The molecule has 0 aliphatic heterocycles. The van der Waals surface area contributed by atoms with Gasteiger partial charge in [-0.15, -0.1) is 0 Å². The van der Waals surface area contributed by atoms with Gasteiger partial charge in [-0.25, -0.2) is 4.39 Å². The van der Waals surface area contributed by atoms with E-state index >= 15 is 0 Å². The second-order valence-electron chi connectivity index (χ2n) is 4.39. The maximum absolute atomic E-state index is 13.5. The predicted octanol–water partition coefficient (Wildman–Crippen LogP) is 2.99. The van der Waals surface area contributed by atoms with Crippen molar-refractivity contribution in [2.45, 2.75) is 31.8 Å². The van der Waals surface area contributed by atoms with Crippen molar-refractivity contribution in [3.8, 4) is 6.07 Å². The van der Waals surface area contributed by atoms with Crippen LogP contribution in [0.2, 0.25) is 0 Å². The van der Waals surface area contributed by atoms with Gasteiger partial charge in [-0.3, -0.25) is 4.21 Å². The van der Waals surface area contributed by atoms with Gasteiger partial charge in [-0.05, 0) is 24.1 Å². The molecule has 2 nitrogen and oxygen atoms in total. The molecule has 17 heavy (non-hydrogen) atoms. The van der Waals surface area contributed by atoms with Crippen molar-refractivity contribution >= 4 is 10.8 Å². The SMILES string of the molecule is CC(C)C(C)S(=O)Cc1cc(C#N)ccc1F. The van der Waals surface area contributed by atoms with Crippen molar-refractivity contribution in [3.05, 3.63) is 35.1 Å². The Hall–Kier alpha value is -1.21. The van der Waals surface area contributed by atoms with Crippen LogP contribution in [0.15, 0.2) is 18.2 Å². The van der Waals surface area contributed by atoms with Gasteiger partial charge in [0.2, 0.25) is 0 Å². The van der Waals surface area contributed by atoms with Crippen LogP contribution in [0.25, 0.3) is 0 Å². The topological polar surface area (TPSA) is 40.9 Å². The lowest BCUT2D eigenvalue weighted by Crippen LogP contribution is -2.19. The fourth-order valence-corrected chi connectivity index (χ4v) is 2.74. The lowest BCUT2D eigenvalue weighted by Gasteiger charge is -2.15. The maximum atomic E-state index is 13.5. The lowest BCUT2D eigenvalue weighted by atomic mass is 10.1. The number of hydrogen-bond acceptors (Lipinski definition) is 2. The van der Waals surface area contributed by atoms with Crippen molar-refractivity contribution in [1.29, 1.82) is 5.26 Å². The van der Waals surface area contributed by atoms with Gasteiger partial charge in [-0.2, -0.15) is 5.26 Å². The smallest absolute Gasteiger partial charge is 0.127 e. The molecule has 2 unspecified atom stereocenters. The summed E-state index contributed by atoms with van der Waals surface area (Å²) in [5.74, 6) is 0.0621. The molecule has 0 aliphatic carbocycles. The molecule has 0 amide bonds. The maximum Gasteiger partial charge on any atom is 0.127 e. The highest BCUT2D eigenvalue weighted by Gasteiger charge is 2.17. The summed E-state index contributed by atoms with van der Waals surface area (Å²) in [4.78, 5) is 0. The summed E-state index contributed by atoms with van der Waals surface area (Å²) in [7, 11) is -1.12. The summed E-state index contributed by atoms with van der Waals surface area (Å²) in [5, 5.41) is 8.75. The molecule has 0 N–H and O–H groups in total. The molecule has 0 heterocycles. The molecule has 0 saturated heterocycles. The first-order chi connectivity index (χ1) is 7.95. The molecule has 0 aliphatic rings. The van der Waals surface area contributed by atoms with Crippen LogP contribution < -0.4 is 0 Å². The van der Waals surface area contributed by atoms with Crippen LogP contribution in [0.5, 0.6) is 0 Å². The Kier molecular flexibility index (Phi) is 4.83. The highest BCUT2D eigenvalue weighted by atomic mass is 32.2.